The summed E-state index contributed by atoms with van der Waals surface area (Å²) in [5.74, 6) is -0.384. The number of nitriles is 1. The van der Waals surface area contributed by atoms with Gasteiger partial charge in [-0.15, -0.1) is 0 Å². The van der Waals surface area contributed by atoms with Crippen molar-refractivity contribution in [2.24, 2.45) is 0 Å². The Morgan fingerprint density at radius 1 is 1.48 bits per heavy atom. The number of nitrogens with zero attached hydrogens (tertiary/aromatic N) is 1. The molecule has 0 aromatic heterocycles. The van der Waals surface area contributed by atoms with Crippen LogP contribution in [0.4, 0.5) is 9.18 Å². The van der Waals surface area contributed by atoms with Crippen molar-refractivity contribution in [2.45, 2.75) is 32.8 Å². The minimum absolute atomic E-state index is 0.353. The molecule has 0 bridgehead atoms. The fourth-order valence-corrected chi connectivity index (χ4v) is 1.52. The number of hydrogen-bond donors (Lipinski definition) is 1. The number of amides is 1. The van der Waals surface area contributed by atoms with Gasteiger partial charge >= 0.3 is 6.09 Å². The van der Waals surface area contributed by atoms with Gasteiger partial charge in [-0.2, -0.15) is 5.26 Å². The van der Waals surface area contributed by atoms with Crippen LogP contribution in [0.25, 0.3) is 6.08 Å². The molecule has 5 heteroatoms. The van der Waals surface area contributed by atoms with E-state index in [0.29, 0.717) is 24.1 Å². The minimum atomic E-state index is -0.527. The molecule has 1 rings (SSSR count). The van der Waals surface area contributed by atoms with Crippen molar-refractivity contribution in [1.82, 2.24) is 5.32 Å². The predicted octanol–water partition coefficient (Wildman–Crippen LogP) is 3.63. The standard InChI is InChI=1S/C16H19FN2O2/c1-16(2,3)21-15(20)19-9-5-4-6-13-10-12(11-18)7-8-14(13)17/h4,6-8,10H,5,9H2,1-3H3,(H,19,20). The third-order valence-electron chi connectivity index (χ3n) is 2.40. The van der Waals surface area contributed by atoms with E-state index in [1.807, 2.05) is 6.07 Å². The molecule has 0 spiro atoms. The molecular weight excluding hydrogens is 271 g/mol. The zero-order valence-electron chi connectivity index (χ0n) is 12.4. The summed E-state index contributed by atoms with van der Waals surface area (Å²) in [6, 6.07) is 6.13. The number of nitrogens with one attached hydrogen (secondary N) is 1. The maximum Gasteiger partial charge on any atom is 0.407 e. The van der Waals surface area contributed by atoms with Gasteiger partial charge in [0.1, 0.15) is 11.4 Å². The Hall–Kier alpha value is -2.35. The van der Waals surface area contributed by atoms with Crippen LogP contribution < -0.4 is 5.32 Å². The average Bonchev–Trinajstić information content (AvgIpc) is 2.38. The molecule has 0 atom stereocenters. The molecule has 0 saturated heterocycles. The smallest absolute Gasteiger partial charge is 0.407 e. The van der Waals surface area contributed by atoms with Crippen LogP contribution in [-0.4, -0.2) is 18.2 Å². The molecule has 1 aromatic rings. The molecule has 0 heterocycles. The largest absolute Gasteiger partial charge is 0.444 e. The monoisotopic (exact) mass is 290 g/mol. The second-order valence-corrected chi connectivity index (χ2v) is 5.47. The highest BCUT2D eigenvalue weighted by Crippen LogP contribution is 2.12. The molecule has 0 aliphatic carbocycles. The first-order valence-electron chi connectivity index (χ1n) is 6.65. The number of halogens is 1. The molecule has 1 amide bonds. The molecule has 0 aliphatic rings. The number of carbonyl (C=O) groups is 1. The minimum Gasteiger partial charge on any atom is -0.444 e. The Morgan fingerprint density at radius 2 is 2.19 bits per heavy atom. The Bertz CT molecular complexity index is 569. The summed E-state index contributed by atoms with van der Waals surface area (Å²) in [5.41, 5.74) is 0.232. The summed E-state index contributed by atoms with van der Waals surface area (Å²) in [4.78, 5) is 11.4. The van der Waals surface area contributed by atoms with Crippen LogP contribution in [0, 0.1) is 17.1 Å². The molecule has 4 nitrogen and oxygen atoms in total. The molecule has 21 heavy (non-hydrogen) atoms. The molecule has 0 radical (unpaired) electrons. The molecule has 1 aromatic carbocycles. The summed E-state index contributed by atoms with van der Waals surface area (Å²) in [6.07, 6.45) is 3.38. The molecule has 112 valence electrons. The van der Waals surface area contributed by atoms with Crippen LogP contribution in [0.5, 0.6) is 0 Å². The van der Waals surface area contributed by atoms with Gasteiger partial charge in [0.05, 0.1) is 11.6 Å². The number of carbonyl (C=O) groups excluding carboxylic acids is 1. The van der Waals surface area contributed by atoms with Gasteiger partial charge in [0.25, 0.3) is 0 Å². The molecule has 0 aliphatic heterocycles. The highest BCUT2D eigenvalue weighted by atomic mass is 19.1. The fraction of sp³-hybridized carbons (Fsp3) is 0.375. The lowest BCUT2D eigenvalue weighted by Gasteiger charge is -2.19. The van der Waals surface area contributed by atoms with E-state index in [1.165, 1.54) is 18.2 Å². The van der Waals surface area contributed by atoms with Gasteiger partial charge in [-0.1, -0.05) is 12.2 Å². The summed E-state index contributed by atoms with van der Waals surface area (Å²) >= 11 is 0. The lowest BCUT2D eigenvalue weighted by Crippen LogP contribution is -2.32. The first-order valence-corrected chi connectivity index (χ1v) is 6.65. The first-order chi connectivity index (χ1) is 9.81. The van der Waals surface area contributed by atoms with Crippen LogP contribution in [-0.2, 0) is 4.74 Å². The van der Waals surface area contributed by atoms with Gasteiger partial charge < -0.3 is 10.1 Å². The normalized spacial score (nSPS) is 11.2. The Kier molecular flexibility index (Phi) is 5.92. The summed E-state index contributed by atoms with van der Waals surface area (Å²) < 4.78 is 18.6. The summed E-state index contributed by atoms with van der Waals surface area (Å²) in [6.45, 7) is 5.76. The van der Waals surface area contributed by atoms with Crippen molar-refractivity contribution < 1.29 is 13.9 Å². The summed E-state index contributed by atoms with van der Waals surface area (Å²) in [5, 5.41) is 11.4. The van der Waals surface area contributed by atoms with Crippen LogP contribution in [0.1, 0.15) is 38.3 Å². The third-order valence-corrected chi connectivity index (χ3v) is 2.40. The van der Waals surface area contributed by atoms with E-state index in [0.717, 1.165) is 0 Å². The van der Waals surface area contributed by atoms with Crippen LogP contribution in [0.2, 0.25) is 0 Å². The molecule has 0 unspecified atom stereocenters. The topological polar surface area (TPSA) is 62.1 Å². The number of rotatable bonds is 4. The molecule has 1 N–H and O–H groups in total. The molecular formula is C16H19FN2O2. The quantitative estimate of drug-likeness (QED) is 0.861. The van der Waals surface area contributed by atoms with E-state index in [2.05, 4.69) is 5.32 Å². The predicted molar refractivity (Wildman–Crippen MR) is 79.0 cm³/mol. The highest BCUT2D eigenvalue weighted by molar-refractivity contribution is 5.67. The van der Waals surface area contributed by atoms with E-state index in [-0.39, 0.29) is 5.82 Å². The van der Waals surface area contributed by atoms with Gasteiger partial charge in [0, 0.05) is 12.1 Å². The number of alkyl carbamates (subject to hydrolysis) is 1. The van der Waals surface area contributed by atoms with Crippen LogP contribution in [0.15, 0.2) is 24.3 Å². The SMILES string of the molecule is CC(C)(C)OC(=O)NCCC=Cc1cc(C#N)ccc1F. The second kappa shape index (κ2) is 7.44. The second-order valence-electron chi connectivity index (χ2n) is 5.47. The van der Waals surface area contributed by atoms with Gasteiger partial charge in [-0.05, 0) is 45.4 Å². The van der Waals surface area contributed by atoms with Crippen molar-refractivity contribution in [3.05, 3.63) is 41.2 Å². The summed E-state index contributed by atoms with van der Waals surface area (Å²) in [7, 11) is 0. The highest BCUT2D eigenvalue weighted by Gasteiger charge is 2.15. The lowest BCUT2D eigenvalue weighted by atomic mass is 10.1. The molecule has 0 saturated carbocycles. The van der Waals surface area contributed by atoms with E-state index in [9.17, 15) is 9.18 Å². The van der Waals surface area contributed by atoms with Gasteiger partial charge in [-0.3, -0.25) is 0 Å². The fourth-order valence-electron chi connectivity index (χ4n) is 1.52. The van der Waals surface area contributed by atoms with Crippen molar-refractivity contribution in [3.63, 3.8) is 0 Å². The van der Waals surface area contributed by atoms with Crippen LogP contribution in [0.3, 0.4) is 0 Å². The average molecular weight is 290 g/mol. The van der Waals surface area contributed by atoms with Crippen LogP contribution >= 0.6 is 0 Å². The van der Waals surface area contributed by atoms with Gasteiger partial charge in [0.15, 0.2) is 0 Å². The van der Waals surface area contributed by atoms with Crippen molar-refractivity contribution >= 4 is 12.2 Å². The maximum absolute atomic E-state index is 13.5. The van der Waals surface area contributed by atoms with Crippen molar-refractivity contribution in [3.8, 4) is 6.07 Å². The van der Waals surface area contributed by atoms with Gasteiger partial charge in [0.2, 0.25) is 0 Å². The Labute approximate surface area is 124 Å². The first kappa shape index (κ1) is 16.7. The third kappa shape index (κ3) is 6.57. The van der Waals surface area contributed by atoms with E-state index >= 15 is 0 Å². The number of ether oxygens (including phenoxy) is 1. The van der Waals surface area contributed by atoms with E-state index in [1.54, 1.807) is 32.9 Å². The number of hydrogen-bond acceptors (Lipinski definition) is 3. The molecule has 0 fully saturated rings. The maximum atomic E-state index is 13.5. The van der Waals surface area contributed by atoms with Gasteiger partial charge in [-0.25, -0.2) is 9.18 Å². The Balaban J connectivity index is 2.43. The zero-order valence-corrected chi connectivity index (χ0v) is 12.4. The van der Waals surface area contributed by atoms with E-state index in [4.69, 9.17) is 10.00 Å². The van der Waals surface area contributed by atoms with Crippen molar-refractivity contribution in [1.29, 1.82) is 5.26 Å². The Morgan fingerprint density at radius 3 is 2.81 bits per heavy atom. The van der Waals surface area contributed by atoms with E-state index < -0.39 is 11.7 Å². The number of benzene rings is 1. The zero-order chi connectivity index (χ0) is 15.9. The van der Waals surface area contributed by atoms with Crippen molar-refractivity contribution in [2.75, 3.05) is 6.54 Å². The lowest BCUT2D eigenvalue weighted by molar-refractivity contribution is 0.0529.